The van der Waals surface area contributed by atoms with E-state index in [-0.39, 0.29) is 0 Å². The molecule has 0 saturated carbocycles. The van der Waals surface area contributed by atoms with Crippen molar-refractivity contribution in [1.29, 1.82) is 0 Å². The van der Waals surface area contributed by atoms with Gasteiger partial charge < -0.3 is 5.73 Å². The molecule has 0 atom stereocenters. The molecule has 11 heavy (non-hydrogen) atoms. The predicted octanol–water partition coefficient (Wildman–Crippen LogP) is 3.37. The summed E-state index contributed by atoms with van der Waals surface area (Å²) in [4.78, 5) is 0. The monoisotopic (exact) mass is 215 g/mol. The molecule has 1 aromatic rings. The standard InChI is InChI=1S/C7H8BrN.C2H6/c1-5-4-6(8)2-3-7(5)9;1-2/h2-4H,9H2,1H3;1-2H3. The van der Waals surface area contributed by atoms with Gasteiger partial charge in [-0.1, -0.05) is 29.8 Å². The number of anilines is 1. The molecule has 2 heteroatoms. The minimum absolute atomic E-state index is 0.846. The van der Waals surface area contributed by atoms with Gasteiger partial charge in [0.2, 0.25) is 0 Å². The summed E-state index contributed by atoms with van der Waals surface area (Å²) in [6.45, 7) is 5.99. The van der Waals surface area contributed by atoms with Crippen LogP contribution in [0.2, 0.25) is 0 Å². The van der Waals surface area contributed by atoms with Crippen molar-refractivity contribution in [3.8, 4) is 0 Å². The maximum absolute atomic E-state index is 5.57. The quantitative estimate of drug-likeness (QED) is 0.661. The second kappa shape index (κ2) is 5.19. The van der Waals surface area contributed by atoms with Crippen molar-refractivity contribution in [3.05, 3.63) is 28.2 Å². The van der Waals surface area contributed by atoms with Crippen molar-refractivity contribution in [2.45, 2.75) is 20.8 Å². The summed E-state index contributed by atoms with van der Waals surface area (Å²) in [5, 5.41) is 0. The van der Waals surface area contributed by atoms with E-state index in [1.807, 2.05) is 39.0 Å². The lowest BCUT2D eigenvalue weighted by Crippen LogP contribution is -1.87. The van der Waals surface area contributed by atoms with Crippen LogP contribution in [0.4, 0.5) is 5.69 Å². The Morgan fingerprint density at radius 1 is 1.27 bits per heavy atom. The van der Waals surface area contributed by atoms with Gasteiger partial charge in [-0.25, -0.2) is 0 Å². The van der Waals surface area contributed by atoms with E-state index in [0.717, 1.165) is 15.7 Å². The third kappa shape index (κ3) is 3.42. The Balaban J connectivity index is 0.000000461. The number of nitrogen functional groups attached to an aromatic ring is 1. The molecular weight excluding hydrogens is 202 g/mol. The molecule has 0 radical (unpaired) electrons. The highest BCUT2D eigenvalue weighted by Gasteiger charge is 1.90. The molecule has 0 amide bonds. The predicted molar refractivity (Wildman–Crippen MR) is 54.6 cm³/mol. The molecular formula is C9H14BrN. The number of halogens is 1. The molecule has 0 bridgehead atoms. The minimum Gasteiger partial charge on any atom is -0.399 e. The molecule has 62 valence electrons. The largest absolute Gasteiger partial charge is 0.399 e. The van der Waals surface area contributed by atoms with Gasteiger partial charge in [-0.3, -0.25) is 0 Å². The van der Waals surface area contributed by atoms with Gasteiger partial charge in [0.05, 0.1) is 0 Å². The molecule has 1 aromatic carbocycles. The van der Waals surface area contributed by atoms with Crippen LogP contribution in [0.1, 0.15) is 19.4 Å². The average molecular weight is 216 g/mol. The van der Waals surface area contributed by atoms with E-state index >= 15 is 0 Å². The van der Waals surface area contributed by atoms with Crippen molar-refractivity contribution in [2.24, 2.45) is 0 Å². The van der Waals surface area contributed by atoms with Gasteiger partial charge in [-0.2, -0.15) is 0 Å². The van der Waals surface area contributed by atoms with Crippen molar-refractivity contribution >= 4 is 21.6 Å². The van der Waals surface area contributed by atoms with Crippen LogP contribution in [-0.4, -0.2) is 0 Å². The van der Waals surface area contributed by atoms with Gasteiger partial charge in [0.1, 0.15) is 0 Å². The summed E-state index contributed by atoms with van der Waals surface area (Å²) >= 11 is 3.34. The normalized spacial score (nSPS) is 8.36. The van der Waals surface area contributed by atoms with Crippen molar-refractivity contribution in [1.82, 2.24) is 0 Å². The molecule has 0 fully saturated rings. The first-order valence-corrected chi connectivity index (χ1v) is 4.51. The van der Waals surface area contributed by atoms with Gasteiger partial charge >= 0.3 is 0 Å². The summed E-state index contributed by atoms with van der Waals surface area (Å²) in [6, 6.07) is 5.82. The molecule has 0 aromatic heterocycles. The summed E-state index contributed by atoms with van der Waals surface area (Å²) in [5.74, 6) is 0. The Hall–Kier alpha value is -0.500. The number of nitrogens with two attached hydrogens (primary N) is 1. The van der Waals surface area contributed by atoms with E-state index in [1.165, 1.54) is 0 Å². The zero-order chi connectivity index (χ0) is 8.85. The Labute approximate surface area is 76.7 Å². The highest BCUT2D eigenvalue weighted by atomic mass is 79.9. The second-order valence-electron chi connectivity index (χ2n) is 2.00. The summed E-state index contributed by atoms with van der Waals surface area (Å²) in [7, 11) is 0. The van der Waals surface area contributed by atoms with Crippen LogP contribution in [0, 0.1) is 6.92 Å². The minimum atomic E-state index is 0.846. The third-order valence-corrected chi connectivity index (χ3v) is 1.73. The average Bonchev–Trinajstić information content (AvgIpc) is 2.02. The van der Waals surface area contributed by atoms with Gasteiger partial charge in [0.15, 0.2) is 0 Å². The van der Waals surface area contributed by atoms with Gasteiger partial charge in [0.25, 0.3) is 0 Å². The fourth-order valence-electron chi connectivity index (χ4n) is 0.639. The first-order chi connectivity index (χ1) is 5.20. The van der Waals surface area contributed by atoms with Crippen LogP contribution in [-0.2, 0) is 0 Å². The lowest BCUT2D eigenvalue weighted by Gasteiger charge is -1.97. The Kier molecular flexibility index (Phi) is 4.95. The molecule has 1 rings (SSSR count). The first-order valence-electron chi connectivity index (χ1n) is 3.72. The third-order valence-electron chi connectivity index (χ3n) is 1.23. The number of aryl methyl sites for hydroxylation is 1. The van der Waals surface area contributed by atoms with Crippen molar-refractivity contribution in [3.63, 3.8) is 0 Å². The number of rotatable bonds is 0. The first kappa shape index (κ1) is 10.5. The maximum atomic E-state index is 5.57. The number of hydrogen-bond acceptors (Lipinski definition) is 1. The van der Waals surface area contributed by atoms with Crippen LogP contribution in [0.3, 0.4) is 0 Å². The lowest BCUT2D eigenvalue weighted by atomic mass is 10.2. The van der Waals surface area contributed by atoms with Crippen LogP contribution in [0.5, 0.6) is 0 Å². The Morgan fingerprint density at radius 3 is 2.18 bits per heavy atom. The fraction of sp³-hybridized carbons (Fsp3) is 0.333. The zero-order valence-electron chi connectivity index (χ0n) is 7.19. The topological polar surface area (TPSA) is 26.0 Å². The smallest absolute Gasteiger partial charge is 0.0344 e. The zero-order valence-corrected chi connectivity index (χ0v) is 8.77. The van der Waals surface area contributed by atoms with E-state index in [2.05, 4.69) is 15.9 Å². The van der Waals surface area contributed by atoms with E-state index in [4.69, 9.17) is 5.73 Å². The highest BCUT2D eigenvalue weighted by Crippen LogP contribution is 2.16. The number of benzene rings is 1. The van der Waals surface area contributed by atoms with Crippen LogP contribution >= 0.6 is 15.9 Å². The molecule has 2 N–H and O–H groups in total. The fourth-order valence-corrected chi connectivity index (χ4v) is 1.11. The molecule has 1 nitrogen and oxygen atoms in total. The molecule has 0 unspecified atom stereocenters. The van der Waals surface area contributed by atoms with E-state index in [0.29, 0.717) is 0 Å². The highest BCUT2D eigenvalue weighted by molar-refractivity contribution is 9.10. The number of hydrogen-bond donors (Lipinski definition) is 1. The lowest BCUT2D eigenvalue weighted by molar-refractivity contribution is 1.45. The summed E-state index contributed by atoms with van der Waals surface area (Å²) in [5.41, 5.74) is 7.53. The van der Waals surface area contributed by atoms with Crippen LogP contribution in [0.25, 0.3) is 0 Å². The Morgan fingerprint density at radius 2 is 1.82 bits per heavy atom. The van der Waals surface area contributed by atoms with E-state index < -0.39 is 0 Å². The van der Waals surface area contributed by atoms with Crippen molar-refractivity contribution < 1.29 is 0 Å². The molecule has 0 aliphatic carbocycles. The molecule has 0 spiro atoms. The molecule has 0 aliphatic heterocycles. The van der Waals surface area contributed by atoms with Crippen molar-refractivity contribution in [2.75, 3.05) is 5.73 Å². The Bertz CT molecular complexity index is 221. The maximum Gasteiger partial charge on any atom is 0.0344 e. The van der Waals surface area contributed by atoms with E-state index in [9.17, 15) is 0 Å². The molecule has 0 aliphatic rings. The van der Waals surface area contributed by atoms with Gasteiger partial charge in [0, 0.05) is 10.2 Å². The van der Waals surface area contributed by atoms with Gasteiger partial charge in [-0.15, -0.1) is 0 Å². The van der Waals surface area contributed by atoms with E-state index in [1.54, 1.807) is 0 Å². The summed E-state index contributed by atoms with van der Waals surface area (Å²) in [6.07, 6.45) is 0. The van der Waals surface area contributed by atoms with Crippen LogP contribution < -0.4 is 5.73 Å². The SMILES string of the molecule is CC.Cc1cc(Br)ccc1N. The second-order valence-corrected chi connectivity index (χ2v) is 2.92. The molecule has 0 heterocycles. The molecule has 0 saturated heterocycles. The van der Waals surface area contributed by atoms with Gasteiger partial charge in [-0.05, 0) is 30.7 Å². The van der Waals surface area contributed by atoms with Crippen LogP contribution in [0.15, 0.2) is 22.7 Å². The summed E-state index contributed by atoms with van der Waals surface area (Å²) < 4.78 is 1.08.